The molecule has 2 aromatic rings. The van der Waals surface area contributed by atoms with E-state index in [0.717, 1.165) is 16.8 Å². The number of rotatable bonds is 7. The molecule has 10 heteroatoms. The number of benzene rings is 1. The number of carboxylic acids is 1. The van der Waals surface area contributed by atoms with E-state index in [1.807, 2.05) is 0 Å². The number of aliphatic carboxylic acids is 1. The topological polar surface area (TPSA) is 97.1 Å². The highest BCUT2D eigenvalue weighted by Gasteiger charge is 2.32. The molecular weight excluding hydrogens is 365 g/mol. The number of halogens is 3. The zero-order chi connectivity index (χ0) is 20.2. The molecule has 0 unspecified atom stereocenters. The Morgan fingerprint density at radius 1 is 1.22 bits per heavy atom. The second-order valence-corrected chi connectivity index (χ2v) is 6.11. The first-order chi connectivity index (χ1) is 12.6. The molecule has 0 aliphatic heterocycles. The summed E-state index contributed by atoms with van der Waals surface area (Å²) in [6.45, 7) is 3.51. The summed E-state index contributed by atoms with van der Waals surface area (Å²) < 4.78 is 39.5. The number of nitrogens with zero attached hydrogens (tertiary/aromatic N) is 3. The maximum absolute atomic E-state index is 12.8. The van der Waals surface area contributed by atoms with Gasteiger partial charge in [0.1, 0.15) is 0 Å². The van der Waals surface area contributed by atoms with E-state index in [-0.39, 0.29) is 17.8 Å². The lowest BCUT2D eigenvalue weighted by molar-refractivity contribution is -0.139. The smallest absolute Gasteiger partial charge is 0.416 e. The third-order valence-corrected chi connectivity index (χ3v) is 4.39. The fraction of sp³-hybridized carbons (Fsp3) is 0.412. The molecule has 1 amide bonds. The lowest BCUT2D eigenvalue weighted by Gasteiger charge is -2.30. The van der Waals surface area contributed by atoms with Crippen LogP contribution < -0.4 is 5.32 Å². The standard InChI is InChI=1S/C17H19F3N4O3/c1-3-16(4-2,9-14(25)26)21-15(27)13-10-24(23-22-13)12-7-5-6-11(8-12)17(18,19)20/h5-8,10H,3-4,9H2,1-2H3,(H,21,27)(H,25,26). The van der Waals surface area contributed by atoms with E-state index in [1.54, 1.807) is 13.8 Å². The van der Waals surface area contributed by atoms with Crippen LogP contribution in [-0.2, 0) is 11.0 Å². The number of carbonyl (C=O) groups is 2. The molecule has 0 atom stereocenters. The van der Waals surface area contributed by atoms with Crippen LogP contribution in [0.1, 0.15) is 49.2 Å². The summed E-state index contributed by atoms with van der Waals surface area (Å²) in [6.07, 6.45) is -2.78. The number of hydrogen-bond acceptors (Lipinski definition) is 4. The van der Waals surface area contributed by atoms with Crippen LogP contribution >= 0.6 is 0 Å². The third-order valence-electron chi connectivity index (χ3n) is 4.39. The van der Waals surface area contributed by atoms with E-state index < -0.39 is 29.2 Å². The normalized spacial score (nSPS) is 12.0. The molecular formula is C17H19F3N4O3. The maximum Gasteiger partial charge on any atom is 0.416 e. The van der Waals surface area contributed by atoms with Crippen molar-refractivity contribution in [3.05, 3.63) is 41.7 Å². The molecule has 2 N–H and O–H groups in total. The molecule has 0 aliphatic rings. The van der Waals surface area contributed by atoms with Gasteiger partial charge in [0.25, 0.3) is 5.91 Å². The molecule has 0 radical (unpaired) electrons. The second-order valence-electron chi connectivity index (χ2n) is 6.11. The zero-order valence-electron chi connectivity index (χ0n) is 14.7. The van der Waals surface area contributed by atoms with Gasteiger partial charge >= 0.3 is 12.1 Å². The summed E-state index contributed by atoms with van der Waals surface area (Å²) >= 11 is 0. The van der Waals surface area contributed by atoms with Gasteiger partial charge in [-0.1, -0.05) is 25.1 Å². The van der Waals surface area contributed by atoms with Crippen LogP contribution in [0.5, 0.6) is 0 Å². The minimum atomic E-state index is -4.50. The van der Waals surface area contributed by atoms with Crippen molar-refractivity contribution in [2.24, 2.45) is 0 Å². The molecule has 0 saturated carbocycles. The van der Waals surface area contributed by atoms with Gasteiger partial charge in [-0.3, -0.25) is 9.59 Å². The summed E-state index contributed by atoms with van der Waals surface area (Å²) in [7, 11) is 0. The predicted octanol–water partition coefficient (Wildman–Crippen LogP) is 3.05. The summed E-state index contributed by atoms with van der Waals surface area (Å²) in [4.78, 5) is 23.5. The quantitative estimate of drug-likeness (QED) is 0.765. The fourth-order valence-corrected chi connectivity index (χ4v) is 2.63. The lowest BCUT2D eigenvalue weighted by atomic mass is 9.89. The first-order valence-electron chi connectivity index (χ1n) is 8.24. The van der Waals surface area contributed by atoms with Gasteiger partial charge in [0.15, 0.2) is 5.69 Å². The highest BCUT2D eigenvalue weighted by molar-refractivity contribution is 5.92. The van der Waals surface area contributed by atoms with Crippen LogP contribution in [0.4, 0.5) is 13.2 Å². The number of amides is 1. The molecule has 0 spiro atoms. The summed E-state index contributed by atoms with van der Waals surface area (Å²) in [5.41, 5.74) is -1.81. The summed E-state index contributed by atoms with van der Waals surface area (Å²) in [6, 6.07) is 4.45. The van der Waals surface area contributed by atoms with Crippen molar-refractivity contribution in [2.45, 2.75) is 44.8 Å². The molecule has 146 valence electrons. The second kappa shape index (κ2) is 7.77. The highest BCUT2D eigenvalue weighted by Crippen LogP contribution is 2.30. The van der Waals surface area contributed by atoms with Crippen LogP contribution in [-0.4, -0.2) is 37.5 Å². The molecule has 0 aliphatic carbocycles. The molecule has 1 heterocycles. The Labute approximate surface area is 153 Å². The molecule has 1 aromatic heterocycles. The van der Waals surface area contributed by atoms with Crippen molar-refractivity contribution in [2.75, 3.05) is 0 Å². The molecule has 0 fully saturated rings. The number of nitrogens with one attached hydrogen (secondary N) is 1. The number of hydrogen-bond donors (Lipinski definition) is 2. The minimum Gasteiger partial charge on any atom is -0.481 e. The zero-order valence-corrected chi connectivity index (χ0v) is 14.7. The Morgan fingerprint density at radius 2 is 1.89 bits per heavy atom. The Balaban J connectivity index is 2.24. The number of aromatic nitrogens is 3. The maximum atomic E-state index is 12.8. The Bertz CT molecular complexity index is 829. The Hall–Kier alpha value is -2.91. The van der Waals surface area contributed by atoms with Crippen LogP contribution in [0.3, 0.4) is 0 Å². The molecule has 1 aromatic carbocycles. The van der Waals surface area contributed by atoms with Gasteiger partial charge in [0, 0.05) is 0 Å². The van der Waals surface area contributed by atoms with Crippen LogP contribution in [0.2, 0.25) is 0 Å². The molecule has 7 nitrogen and oxygen atoms in total. The van der Waals surface area contributed by atoms with Crippen molar-refractivity contribution in [3.8, 4) is 5.69 Å². The van der Waals surface area contributed by atoms with E-state index in [0.29, 0.717) is 12.8 Å². The average molecular weight is 384 g/mol. The van der Waals surface area contributed by atoms with E-state index >= 15 is 0 Å². The molecule has 2 rings (SSSR count). The molecule has 0 saturated heterocycles. The summed E-state index contributed by atoms with van der Waals surface area (Å²) in [5.74, 6) is -1.69. The minimum absolute atomic E-state index is 0.0964. The monoisotopic (exact) mass is 384 g/mol. The van der Waals surface area contributed by atoms with E-state index in [4.69, 9.17) is 5.11 Å². The van der Waals surface area contributed by atoms with Crippen LogP contribution in [0, 0.1) is 0 Å². The highest BCUT2D eigenvalue weighted by atomic mass is 19.4. The average Bonchev–Trinajstić information content (AvgIpc) is 3.10. The molecule has 0 bridgehead atoms. The van der Waals surface area contributed by atoms with Crippen molar-refractivity contribution in [1.29, 1.82) is 0 Å². The van der Waals surface area contributed by atoms with Crippen molar-refractivity contribution < 1.29 is 27.9 Å². The predicted molar refractivity (Wildman–Crippen MR) is 89.4 cm³/mol. The van der Waals surface area contributed by atoms with Gasteiger partial charge in [-0.05, 0) is 31.0 Å². The first kappa shape index (κ1) is 20.4. The van der Waals surface area contributed by atoms with E-state index in [1.165, 1.54) is 18.3 Å². The van der Waals surface area contributed by atoms with Gasteiger partial charge in [0.2, 0.25) is 0 Å². The third kappa shape index (κ3) is 4.83. The van der Waals surface area contributed by atoms with Gasteiger partial charge in [-0.2, -0.15) is 13.2 Å². The van der Waals surface area contributed by atoms with E-state index in [9.17, 15) is 22.8 Å². The first-order valence-corrected chi connectivity index (χ1v) is 8.24. The number of carboxylic acid groups (broad SMARTS) is 1. The largest absolute Gasteiger partial charge is 0.481 e. The van der Waals surface area contributed by atoms with Crippen LogP contribution in [0.15, 0.2) is 30.5 Å². The van der Waals surface area contributed by atoms with Crippen molar-refractivity contribution >= 4 is 11.9 Å². The Morgan fingerprint density at radius 3 is 2.44 bits per heavy atom. The van der Waals surface area contributed by atoms with Gasteiger partial charge in [-0.25, -0.2) is 4.68 Å². The van der Waals surface area contributed by atoms with Gasteiger partial charge < -0.3 is 10.4 Å². The van der Waals surface area contributed by atoms with Crippen LogP contribution in [0.25, 0.3) is 5.69 Å². The van der Waals surface area contributed by atoms with Crippen molar-refractivity contribution in [1.82, 2.24) is 20.3 Å². The van der Waals surface area contributed by atoms with Crippen molar-refractivity contribution in [3.63, 3.8) is 0 Å². The SMILES string of the molecule is CCC(CC)(CC(=O)O)NC(=O)c1cn(-c2cccc(C(F)(F)F)c2)nn1. The molecule has 27 heavy (non-hydrogen) atoms. The summed E-state index contributed by atoms with van der Waals surface area (Å²) in [5, 5.41) is 19.1. The fourth-order valence-electron chi connectivity index (χ4n) is 2.63. The number of carbonyl (C=O) groups excluding carboxylic acids is 1. The Kier molecular flexibility index (Phi) is 5.87. The number of alkyl halides is 3. The van der Waals surface area contributed by atoms with Gasteiger partial charge in [-0.15, -0.1) is 5.10 Å². The van der Waals surface area contributed by atoms with Gasteiger partial charge in [0.05, 0.1) is 29.4 Å². The lowest BCUT2D eigenvalue weighted by Crippen LogP contribution is -2.49. The van der Waals surface area contributed by atoms with E-state index in [2.05, 4.69) is 15.6 Å².